The van der Waals surface area contributed by atoms with Gasteiger partial charge in [-0.2, -0.15) is 0 Å². The SMILES string of the molecule is CC(C)c1ccc(OCCNC(=O)NCCN(C)C)cc1. The smallest absolute Gasteiger partial charge is 0.314 e. The van der Waals surface area contributed by atoms with Gasteiger partial charge in [-0.3, -0.25) is 0 Å². The molecule has 0 aliphatic rings. The van der Waals surface area contributed by atoms with Crippen LogP contribution in [0.1, 0.15) is 25.3 Å². The quantitative estimate of drug-likeness (QED) is 0.721. The Bertz CT molecular complexity index is 416. The van der Waals surface area contributed by atoms with Crippen LogP contribution in [-0.2, 0) is 0 Å². The number of benzene rings is 1. The van der Waals surface area contributed by atoms with Crippen molar-refractivity contribution in [3.8, 4) is 5.75 Å². The van der Waals surface area contributed by atoms with E-state index in [0.29, 0.717) is 25.6 Å². The Kier molecular flexibility index (Phi) is 7.61. The highest BCUT2D eigenvalue weighted by atomic mass is 16.5. The van der Waals surface area contributed by atoms with Crippen molar-refractivity contribution in [2.75, 3.05) is 40.3 Å². The van der Waals surface area contributed by atoms with Gasteiger partial charge < -0.3 is 20.3 Å². The minimum Gasteiger partial charge on any atom is -0.492 e. The first-order valence-corrected chi connectivity index (χ1v) is 7.38. The number of nitrogens with zero attached hydrogens (tertiary/aromatic N) is 1. The topological polar surface area (TPSA) is 53.6 Å². The average Bonchev–Trinajstić information content (AvgIpc) is 2.43. The summed E-state index contributed by atoms with van der Waals surface area (Å²) in [5.74, 6) is 1.35. The van der Waals surface area contributed by atoms with Crippen molar-refractivity contribution >= 4 is 6.03 Å². The molecule has 0 bridgehead atoms. The van der Waals surface area contributed by atoms with E-state index in [4.69, 9.17) is 4.74 Å². The number of likely N-dealkylation sites (N-methyl/N-ethyl adjacent to an activating group) is 1. The molecule has 5 heteroatoms. The molecule has 2 N–H and O–H groups in total. The van der Waals surface area contributed by atoms with Crippen LogP contribution >= 0.6 is 0 Å². The maximum absolute atomic E-state index is 11.5. The fourth-order valence-corrected chi connectivity index (χ4v) is 1.74. The van der Waals surface area contributed by atoms with E-state index in [1.54, 1.807) is 0 Å². The van der Waals surface area contributed by atoms with E-state index >= 15 is 0 Å². The van der Waals surface area contributed by atoms with Crippen molar-refractivity contribution in [1.82, 2.24) is 15.5 Å². The van der Waals surface area contributed by atoms with Gasteiger partial charge in [-0.25, -0.2) is 4.79 Å². The van der Waals surface area contributed by atoms with Crippen molar-refractivity contribution in [3.05, 3.63) is 29.8 Å². The molecular weight excluding hydrogens is 266 g/mol. The number of nitrogens with one attached hydrogen (secondary N) is 2. The molecular formula is C16H27N3O2. The maximum atomic E-state index is 11.5. The third-order valence-corrected chi connectivity index (χ3v) is 3.05. The minimum absolute atomic E-state index is 0.157. The van der Waals surface area contributed by atoms with Crippen molar-refractivity contribution < 1.29 is 9.53 Å². The van der Waals surface area contributed by atoms with Crippen LogP contribution in [0.5, 0.6) is 5.75 Å². The summed E-state index contributed by atoms with van der Waals surface area (Å²) in [6.45, 7) is 6.73. The van der Waals surface area contributed by atoms with E-state index in [1.165, 1.54) is 5.56 Å². The van der Waals surface area contributed by atoms with E-state index in [2.05, 4.69) is 36.6 Å². The molecule has 1 aromatic rings. The van der Waals surface area contributed by atoms with Crippen molar-refractivity contribution in [2.45, 2.75) is 19.8 Å². The molecule has 0 atom stereocenters. The van der Waals surface area contributed by atoms with Gasteiger partial charge in [-0.1, -0.05) is 26.0 Å². The van der Waals surface area contributed by atoms with Crippen LogP contribution in [0.4, 0.5) is 4.79 Å². The van der Waals surface area contributed by atoms with Crippen LogP contribution in [0.3, 0.4) is 0 Å². The second kappa shape index (κ2) is 9.23. The summed E-state index contributed by atoms with van der Waals surface area (Å²) in [6.07, 6.45) is 0. The normalized spacial score (nSPS) is 10.8. The molecule has 0 fully saturated rings. The van der Waals surface area contributed by atoms with Crippen LogP contribution in [-0.4, -0.2) is 51.3 Å². The number of rotatable bonds is 8. The molecule has 118 valence electrons. The van der Waals surface area contributed by atoms with E-state index in [-0.39, 0.29) is 6.03 Å². The zero-order chi connectivity index (χ0) is 15.7. The summed E-state index contributed by atoms with van der Waals surface area (Å²) in [5.41, 5.74) is 1.29. The summed E-state index contributed by atoms with van der Waals surface area (Å²) in [4.78, 5) is 13.5. The highest BCUT2D eigenvalue weighted by Crippen LogP contribution is 2.18. The molecule has 0 unspecified atom stereocenters. The van der Waals surface area contributed by atoms with Gasteiger partial charge in [0.05, 0.1) is 6.54 Å². The van der Waals surface area contributed by atoms with Crippen molar-refractivity contribution in [3.63, 3.8) is 0 Å². The van der Waals surface area contributed by atoms with E-state index in [0.717, 1.165) is 12.3 Å². The molecule has 0 aliphatic heterocycles. The van der Waals surface area contributed by atoms with Crippen LogP contribution in [0.15, 0.2) is 24.3 Å². The van der Waals surface area contributed by atoms with Gasteiger partial charge in [0.2, 0.25) is 0 Å². The van der Waals surface area contributed by atoms with Crippen LogP contribution in [0.25, 0.3) is 0 Å². The van der Waals surface area contributed by atoms with E-state index in [9.17, 15) is 4.79 Å². The summed E-state index contributed by atoms with van der Waals surface area (Å²) in [7, 11) is 3.94. The number of hydrogen-bond acceptors (Lipinski definition) is 3. The van der Waals surface area contributed by atoms with Gasteiger partial charge in [0, 0.05) is 13.1 Å². The Morgan fingerprint density at radius 1 is 1.14 bits per heavy atom. The molecule has 0 spiro atoms. The lowest BCUT2D eigenvalue weighted by atomic mass is 10.0. The first-order chi connectivity index (χ1) is 9.99. The predicted molar refractivity (Wildman–Crippen MR) is 86.0 cm³/mol. The molecule has 0 heterocycles. The van der Waals surface area contributed by atoms with Crippen molar-refractivity contribution in [1.29, 1.82) is 0 Å². The van der Waals surface area contributed by atoms with Gasteiger partial charge in [-0.05, 0) is 37.7 Å². The lowest BCUT2D eigenvalue weighted by molar-refractivity contribution is 0.235. The molecule has 2 amide bonds. The van der Waals surface area contributed by atoms with E-state index in [1.807, 2.05) is 31.1 Å². The Hall–Kier alpha value is -1.75. The number of ether oxygens (including phenoxy) is 1. The van der Waals surface area contributed by atoms with Crippen LogP contribution in [0.2, 0.25) is 0 Å². The van der Waals surface area contributed by atoms with Gasteiger partial charge in [0.15, 0.2) is 0 Å². The standard InChI is InChI=1S/C16H27N3O2/c1-13(2)14-5-7-15(8-6-14)21-12-10-18-16(20)17-9-11-19(3)4/h5-8,13H,9-12H2,1-4H3,(H2,17,18,20). The Morgan fingerprint density at radius 2 is 1.76 bits per heavy atom. The fourth-order valence-electron chi connectivity index (χ4n) is 1.74. The largest absolute Gasteiger partial charge is 0.492 e. The average molecular weight is 293 g/mol. The summed E-state index contributed by atoms with van der Waals surface area (Å²) < 4.78 is 5.58. The third kappa shape index (κ3) is 7.56. The maximum Gasteiger partial charge on any atom is 0.314 e. The number of carbonyl (C=O) groups excluding carboxylic acids is 1. The highest BCUT2D eigenvalue weighted by Gasteiger charge is 2.01. The molecule has 0 saturated carbocycles. The molecule has 1 rings (SSSR count). The third-order valence-electron chi connectivity index (χ3n) is 3.05. The van der Waals surface area contributed by atoms with Crippen LogP contribution < -0.4 is 15.4 Å². The second-order valence-electron chi connectivity index (χ2n) is 5.56. The lowest BCUT2D eigenvalue weighted by Gasteiger charge is -2.12. The summed E-state index contributed by atoms with van der Waals surface area (Å²) in [6, 6.07) is 7.91. The fraction of sp³-hybridized carbons (Fsp3) is 0.562. The molecule has 5 nitrogen and oxygen atoms in total. The first-order valence-electron chi connectivity index (χ1n) is 7.38. The molecule has 0 saturated heterocycles. The molecule has 0 aromatic heterocycles. The van der Waals surface area contributed by atoms with E-state index < -0.39 is 0 Å². The van der Waals surface area contributed by atoms with Gasteiger partial charge >= 0.3 is 6.03 Å². The first kappa shape index (κ1) is 17.3. The van der Waals surface area contributed by atoms with Crippen LogP contribution in [0, 0.1) is 0 Å². The molecule has 21 heavy (non-hydrogen) atoms. The number of hydrogen-bond donors (Lipinski definition) is 2. The summed E-state index contributed by atoms with van der Waals surface area (Å²) in [5, 5.41) is 5.55. The molecule has 0 radical (unpaired) electrons. The minimum atomic E-state index is -0.157. The monoisotopic (exact) mass is 293 g/mol. The number of carbonyl (C=O) groups is 1. The number of amides is 2. The highest BCUT2D eigenvalue weighted by molar-refractivity contribution is 5.73. The zero-order valence-electron chi connectivity index (χ0n) is 13.5. The Morgan fingerprint density at radius 3 is 2.33 bits per heavy atom. The Balaban J connectivity index is 2.14. The lowest BCUT2D eigenvalue weighted by Crippen LogP contribution is -2.40. The van der Waals surface area contributed by atoms with Gasteiger partial charge in [0.25, 0.3) is 0 Å². The van der Waals surface area contributed by atoms with Gasteiger partial charge in [0.1, 0.15) is 12.4 Å². The summed E-state index contributed by atoms with van der Waals surface area (Å²) >= 11 is 0. The zero-order valence-corrected chi connectivity index (χ0v) is 13.5. The van der Waals surface area contributed by atoms with Gasteiger partial charge in [-0.15, -0.1) is 0 Å². The Labute approximate surface area is 127 Å². The second-order valence-corrected chi connectivity index (χ2v) is 5.56. The molecule has 0 aliphatic carbocycles. The molecule has 1 aromatic carbocycles. The predicted octanol–water partition coefficient (Wildman–Crippen LogP) is 2.05. The van der Waals surface area contributed by atoms with Crippen molar-refractivity contribution in [2.24, 2.45) is 0 Å². The number of urea groups is 1.